The van der Waals surface area contributed by atoms with Gasteiger partial charge < -0.3 is 4.74 Å². The Hall–Kier alpha value is -2.94. The first-order valence-corrected chi connectivity index (χ1v) is 9.31. The number of carbonyl (C=O) groups excluding carboxylic acids is 1. The summed E-state index contributed by atoms with van der Waals surface area (Å²) in [5, 5.41) is 13.6. The fourth-order valence-electron chi connectivity index (χ4n) is 3.28. The first-order chi connectivity index (χ1) is 13.1. The molecule has 0 amide bonds. The van der Waals surface area contributed by atoms with Crippen molar-refractivity contribution in [2.75, 3.05) is 6.61 Å². The monoisotopic (exact) mass is 385 g/mol. The van der Waals surface area contributed by atoms with E-state index in [0.717, 1.165) is 16.0 Å². The summed E-state index contributed by atoms with van der Waals surface area (Å²) in [6.07, 6.45) is 0. The zero-order valence-corrected chi connectivity index (χ0v) is 15.5. The van der Waals surface area contributed by atoms with Crippen molar-refractivity contribution < 1.29 is 13.9 Å². The molecule has 2 aromatic heterocycles. The van der Waals surface area contributed by atoms with E-state index in [-0.39, 0.29) is 18.4 Å². The Morgan fingerprint density at radius 3 is 3.00 bits per heavy atom. The number of aromatic nitrogens is 4. The number of rotatable bonds is 4. The number of hydrogen-bond acceptors (Lipinski definition) is 7. The Balaban J connectivity index is 1.87. The van der Waals surface area contributed by atoms with E-state index in [1.54, 1.807) is 19.9 Å². The smallest absolute Gasteiger partial charge is 0.317 e. The summed E-state index contributed by atoms with van der Waals surface area (Å²) in [5.74, 6) is -1.04. The van der Waals surface area contributed by atoms with Gasteiger partial charge in [-0.3, -0.25) is 4.79 Å². The number of benzene rings is 1. The number of nitrogens with zero attached hydrogens (tertiary/aromatic N) is 5. The van der Waals surface area contributed by atoms with Gasteiger partial charge in [-0.15, -0.1) is 11.3 Å². The molecular formula is C18H16FN5O2S. The predicted octanol–water partition coefficient (Wildman–Crippen LogP) is 3.42. The van der Waals surface area contributed by atoms with Gasteiger partial charge in [0.05, 0.1) is 6.61 Å². The molecule has 0 saturated carbocycles. The lowest BCUT2D eigenvalue weighted by Crippen LogP contribution is -2.36. The molecule has 4 rings (SSSR count). The summed E-state index contributed by atoms with van der Waals surface area (Å²) in [5.41, 5.74) is 2.14. The first kappa shape index (κ1) is 17.5. The van der Waals surface area contributed by atoms with Gasteiger partial charge in [-0.25, -0.2) is 14.1 Å². The van der Waals surface area contributed by atoms with Gasteiger partial charge in [0.1, 0.15) is 17.8 Å². The van der Waals surface area contributed by atoms with E-state index in [1.165, 1.54) is 28.2 Å². The molecule has 2 unspecified atom stereocenters. The summed E-state index contributed by atoms with van der Waals surface area (Å²) in [4.78, 5) is 17.9. The molecule has 0 aliphatic carbocycles. The fraction of sp³-hybridized carbons (Fsp3) is 0.278. The third-order valence-electron chi connectivity index (χ3n) is 4.42. The average Bonchev–Trinajstić information content (AvgIpc) is 3.29. The number of fused-ring (bicyclic) bond motifs is 1. The van der Waals surface area contributed by atoms with Gasteiger partial charge in [0.25, 0.3) is 5.95 Å². The molecule has 9 heteroatoms. The third kappa shape index (κ3) is 3.03. The summed E-state index contributed by atoms with van der Waals surface area (Å²) >= 11 is 1.46. The number of ether oxygens (including phenoxy) is 1. The molecule has 1 aliphatic heterocycles. The van der Waals surface area contributed by atoms with Crippen molar-refractivity contribution in [2.45, 2.75) is 19.9 Å². The van der Waals surface area contributed by atoms with Gasteiger partial charge >= 0.3 is 5.97 Å². The Kier molecular flexibility index (Phi) is 4.53. The number of carbonyl (C=O) groups is 1. The van der Waals surface area contributed by atoms with Crippen LogP contribution >= 0.6 is 11.3 Å². The van der Waals surface area contributed by atoms with E-state index in [0.29, 0.717) is 11.7 Å². The summed E-state index contributed by atoms with van der Waals surface area (Å²) < 4.78 is 20.6. The lowest BCUT2D eigenvalue weighted by atomic mass is 9.90. The number of halogens is 1. The van der Waals surface area contributed by atoms with Crippen LogP contribution in [0.5, 0.6) is 0 Å². The quantitative estimate of drug-likeness (QED) is 0.643. The minimum Gasteiger partial charge on any atom is -0.465 e. The van der Waals surface area contributed by atoms with Crippen LogP contribution in [0.15, 0.2) is 40.7 Å². The number of esters is 1. The van der Waals surface area contributed by atoms with Crippen molar-refractivity contribution in [1.29, 1.82) is 0 Å². The van der Waals surface area contributed by atoms with Gasteiger partial charge in [-0.05, 0) is 59.0 Å². The molecule has 1 aromatic carbocycles. The largest absolute Gasteiger partial charge is 0.465 e. The van der Waals surface area contributed by atoms with Crippen LogP contribution in [0.1, 0.15) is 24.8 Å². The minimum atomic E-state index is -0.660. The molecule has 27 heavy (non-hydrogen) atoms. The van der Waals surface area contributed by atoms with E-state index >= 15 is 0 Å². The molecule has 0 fully saturated rings. The molecule has 138 valence electrons. The summed E-state index contributed by atoms with van der Waals surface area (Å²) in [6.45, 7) is 3.79. The lowest BCUT2D eigenvalue weighted by molar-refractivity contribution is -0.146. The van der Waals surface area contributed by atoms with Crippen LogP contribution in [0.4, 0.5) is 10.3 Å². The Morgan fingerprint density at radius 1 is 1.37 bits per heavy atom. The molecule has 3 heterocycles. The number of hydrogen-bond donors (Lipinski definition) is 0. The van der Waals surface area contributed by atoms with Gasteiger partial charge in [0.2, 0.25) is 0 Å². The van der Waals surface area contributed by atoms with Crippen molar-refractivity contribution in [1.82, 2.24) is 20.2 Å². The van der Waals surface area contributed by atoms with E-state index in [1.807, 2.05) is 17.5 Å². The van der Waals surface area contributed by atoms with Crippen molar-refractivity contribution in [3.05, 3.63) is 46.4 Å². The molecule has 1 aliphatic rings. The Labute approximate surface area is 158 Å². The highest BCUT2D eigenvalue weighted by atomic mass is 32.1. The molecular weight excluding hydrogens is 369 g/mol. The molecule has 0 spiro atoms. The summed E-state index contributed by atoms with van der Waals surface area (Å²) in [6, 6.07) is 7.75. The highest BCUT2D eigenvalue weighted by Crippen LogP contribution is 2.42. The average molecular weight is 385 g/mol. The highest BCUT2D eigenvalue weighted by molar-refractivity contribution is 7.10. The molecule has 2 atom stereocenters. The van der Waals surface area contributed by atoms with E-state index < -0.39 is 12.0 Å². The third-order valence-corrected chi connectivity index (χ3v) is 5.41. The molecule has 7 nitrogen and oxygen atoms in total. The van der Waals surface area contributed by atoms with E-state index in [2.05, 4.69) is 20.5 Å². The molecule has 0 bridgehead atoms. The standard InChI is InChI=1S/C18H16FN5O2S/c1-3-26-17(25)14-10(2)20-18-21-22-23-24(18)15(14)16-13(7-8-27-16)11-5-4-6-12(19)9-11/h4-9,14-15H,3H2,1-2H3. The van der Waals surface area contributed by atoms with Gasteiger partial charge in [-0.2, -0.15) is 0 Å². The molecule has 3 aromatic rings. The van der Waals surface area contributed by atoms with Crippen LogP contribution in [0, 0.1) is 11.7 Å². The van der Waals surface area contributed by atoms with Crippen molar-refractivity contribution in [2.24, 2.45) is 10.9 Å². The van der Waals surface area contributed by atoms with Crippen LogP contribution < -0.4 is 0 Å². The maximum Gasteiger partial charge on any atom is 0.317 e. The molecule has 0 saturated heterocycles. The van der Waals surface area contributed by atoms with Gasteiger partial charge in [0.15, 0.2) is 0 Å². The zero-order chi connectivity index (χ0) is 19.0. The van der Waals surface area contributed by atoms with Gasteiger partial charge in [0, 0.05) is 10.6 Å². The zero-order valence-electron chi connectivity index (χ0n) is 14.7. The molecule has 0 radical (unpaired) electrons. The Morgan fingerprint density at radius 2 is 2.22 bits per heavy atom. The minimum absolute atomic E-state index is 0.263. The fourth-order valence-corrected chi connectivity index (χ4v) is 4.32. The predicted molar refractivity (Wildman–Crippen MR) is 98.6 cm³/mol. The molecule has 0 N–H and O–H groups in total. The number of aliphatic imine (C=N–C) groups is 1. The van der Waals surface area contributed by atoms with Crippen molar-refractivity contribution in [3.63, 3.8) is 0 Å². The maximum atomic E-state index is 13.8. The highest BCUT2D eigenvalue weighted by Gasteiger charge is 2.41. The van der Waals surface area contributed by atoms with Crippen molar-refractivity contribution >= 4 is 29.0 Å². The number of thiophene rings is 1. The van der Waals surface area contributed by atoms with Crippen LogP contribution in [0.2, 0.25) is 0 Å². The van der Waals surface area contributed by atoms with Gasteiger partial charge in [-0.1, -0.05) is 17.2 Å². The topological polar surface area (TPSA) is 82.3 Å². The van der Waals surface area contributed by atoms with Crippen LogP contribution in [0.25, 0.3) is 11.1 Å². The Bertz CT molecular complexity index is 1030. The second-order valence-corrected chi connectivity index (χ2v) is 7.01. The number of tetrazole rings is 1. The maximum absolute atomic E-state index is 13.8. The first-order valence-electron chi connectivity index (χ1n) is 8.43. The SMILES string of the molecule is CCOC(=O)C1C(C)=Nc2nnnn2C1c1sccc1-c1cccc(F)c1. The van der Waals surface area contributed by atoms with Crippen LogP contribution in [-0.4, -0.2) is 38.5 Å². The normalized spacial score (nSPS) is 18.7. The van der Waals surface area contributed by atoms with E-state index in [4.69, 9.17) is 4.74 Å². The van der Waals surface area contributed by atoms with E-state index in [9.17, 15) is 9.18 Å². The van der Waals surface area contributed by atoms with Crippen molar-refractivity contribution in [3.8, 4) is 11.1 Å². The second kappa shape index (κ2) is 6.99. The summed E-state index contributed by atoms with van der Waals surface area (Å²) in [7, 11) is 0. The van der Waals surface area contributed by atoms with Crippen LogP contribution in [-0.2, 0) is 9.53 Å². The van der Waals surface area contributed by atoms with Crippen LogP contribution in [0.3, 0.4) is 0 Å². The lowest BCUT2D eigenvalue weighted by Gasteiger charge is -2.28. The second-order valence-electron chi connectivity index (χ2n) is 6.06.